The zero-order valence-corrected chi connectivity index (χ0v) is 17.9. The molecule has 3 fully saturated rings. The van der Waals surface area contributed by atoms with Gasteiger partial charge in [-0.3, -0.25) is 14.8 Å². The van der Waals surface area contributed by atoms with E-state index in [1.165, 1.54) is 32.6 Å². The van der Waals surface area contributed by atoms with Crippen LogP contribution in [0.5, 0.6) is 0 Å². The summed E-state index contributed by atoms with van der Waals surface area (Å²) in [6.45, 7) is 16.4. The van der Waals surface area contributed by atoms with Crippen molar-refractivity contribution in [2.24, 2.45) is 10.9 Å². The van der Waals surface area contributed by atoms with Gasteiger partial charge in [0, 0.05) is 78.0 Å². The summed E-state index contributed by atoms with van der Waals surface area (Å²) >= 11 is 0. The summed E-state index contributed by atoms with van der Waals surface area (Å²) in [4.78, 5) is 14.7. The molecule has 2 unspecified atom stereocenters. The molecule has 0 amide bonds. The number of nitrogens with zero attached hydrogens (tertiary/aromatic N) is 5. The van der Waals surface area contributed by atoms with E-state index in [-0.39, 0.29) is 0 Å². The average molecular weight is 381 g/mol. The number of aliphatic imine (C=N–C) groups is 1. The van der Waals surface area contributed by atoms with Crippen molar-refractivity contribution in [2.75, 3.05) is 86.2 Å². The van der Waals surface area contributed by atoms with Gasteiger partial charge in [0.2, 0.25) is 0 Å². The first-order chi connectivity index (χ1) is 13.1. The second-order valence-electron chi connectivity index (χ2n) is 8.62. The minimum atomic E-state index is 0.563. The van der Waals surface area contributed by atoms with Gasteiger partial charge in [-0.25, -0.2) is 0 Å². The first-order valence-corrected chi connectivity index (χ1v) is 10.8. The summed E-state index contributed by atoms with van der Waals surface area (Å²) in [7, 11) is 4.14. The highest BCUT2D eigenvalue weighted by Crippen LogP contribution is 2.18. The number of hydrogen-bond donors (Lipinski definition) is 1. The van der Waals surface area contributed by atoms with Crippen LogP contribution in [0.3, 0.4) is 0 Å². The molecule has 2 atom stereocenters. The topological polar surface area (TPSA) is 46.6 Å². The number of piperazine rings is 1. The van der Waals surface area contributed by atoms with Crippen LogP contribution in [0, 0.1) is 5.92 Å². The zero-order valence-electron chi connectivity index (χ0n) is 17.9. The Balaban J connectivity index is 1.50. The van der Waals surface area contributed by atoms with Gasteiger partial charge in [0.05, 0.1) is 13.2 Å². The van der Waals surface area contributed by atoms with E-state index in [0.29, 0.717) is 18.0 Å². The molecule has 1 N–H and O–H groups in total. The first kappa shape index (κ1) is 20.8. The number of likely N-dealkylation sites (tertiary alicyclic amines) is 1. The molecule has 0 bridgehead atoms. The predicted octanol–water partition coefficient (Wildman–Crippen LogP) is 0.240. The molecule has 0 aliphatic carbocycles. The van der Waals surface area contributed by atoms with Crippen molar-refractivity contribution in [3.8, 4) is 0 Å². The van der Waals surface area contributed by atoms with E-state index in [9.17, 15) is 0 Å². The highest BCUT2D eigenvalue weighted by molar-refractivity contribution is 5.80. The van der Waals surface area contributed by atoms with Gasteiger partial charge in [0.15, 0.2) is 5.96 Å². The standard InChI is InChI=1S/C20H40N6O/c1-17(2)19(25-9-7-23(4)8-10-25)15-22-20(21-3)26-6-5-18(16-26)24-11-13-27-14-12-24/h17-19H,5-16H2,1-4H3,(H,21,22). The number of likely N-dealkylation sites (N-methyl/N-ethyl adjacent to an activating group) is 1. The fourth-order valence-electron chi connectivity index (χ4n) is 4.64. The SMILES string of the molecule is CN=C(NCC(C(C)C)N1CCN(C)CC1)N1CCC(N2CCOCC2)C1. The van der Waals surface area contributed by atoms with Crippen molar-refractivity contribution in [3.63, 3.8) is 0 Å². The molecule has 0 aromatic rings. The lowest BCUT2D eigenvalue weighted by atomic mass is 10.0. The fourth-order valence-corrected chi connectivity index (χ4v) is 4.64. The Hall–Kier alpha value is -0.890. The quantitative estimate of drug-likeness (QED) is 0.545. The van der Waals surface area contributed by atoms with Crippen molar-refractivity contribution in [1.29, 1.82) is 0 Å². The lowest BCUT2D eigenvalue weighted by molar-refractivity contribution is 0.0194. The smallest absolute Gasteiger partial charge is 0.193 e. The molecule has 7 nitrogen and oxygen atoms in total. The van der Waals surface area contributed by atoms with E-state index in [1.54, 1.807) is 0 Å². The Bertz CT molecular complexity index is 471. The molecule has 0 spiro atoms. The lowest BCUT2D eigenvalue weighted by Crippen LogP contribution is -2.55. The number of ether oxygens (including phenoxy) is 1. The van der Waals surface area contributed by atoms with Crippen LogP contribution in [0.4, 0.5) is 0 Å². The van der Waals surface area contributed by atoms with E-state index in [2.05, 4.69) is 50.8 Å². The van der Waals surface area contributed by atoms with Crippen LogP contribution in [0.1, 0.15) is 20.3 Å². The van der Waals surface area contributed by atoms with E-state index in [4.69, 9.17) is 4.74 Å². The molecule has 0 aromatic carbocycles. The molecule has 3 heterocycles. The molecule has 156 valence electrons. The summed E-state index contributed by atoms with van der Waals surface area (Å²) in [6.07, 6.45) is 1.23. The second kappa shape index (κ2) is 10.0. The molecular weight excluding hydrogens is 340 g/mol. The second-order valence-corrected chi connectivity index (χ2v) is 8.62. The van der Waals surface area contributed by atoms with Gasteiger partial charge in [-0.2, -0.15) is 0 Å². The van der Waals surface area contributed by atoms with Gasteiger partial charge in [0.25, 0.3) is 0 Å². The van der Waals surface area contributed by atoms with Crippen molar-refractivity contribution < 1.29 is 4.74 Å². The molecule has 3 saturated heterocycles. The van der Waals surface area contributed by atoms with Crippen molar-refractivity contribution in [3.05, 3.63) is 0 Å². The van der Waals surface area contributed by atoms with Crippen LogP contribution in [0.15, 0.2) is 4.99 Å². The number of nitrogens with one attached hydrogen (secondary N) is 1. The molecule has 0 aromatic heterocycles. The third-order valence-corrected chi connectivity index (χ3v) is 6.48. The van der Waals surface area contributed by atoms with E-state index >= 15 is 0 Å². The maximum Gasteiger partial charge on any atom is 0.193 e. The van der Waals surface area contributed by atoms with Crippen LogP contribution in [0.2, 0.25) is 0 Å². The van der Waals surface area contributed by atoms with Gasteiger partial charge in [-0.05, 0) is 19.4 Å². The van der Waals surface area contributed by atoms with Gasteiger partial charge in [-0.15, -0.1) is 0 Å². The Morgan fingerprint density at radius 2 is 1.78 bits per heavy atom. The third-order valence-electron chi connectivity index (χ3n) is 6.48. The molecule has 0 radical (unpaired) electrons. The lowest BCUT2D eigenvalue weighted by Gasteiger charge is -2.40. The molecular formula is C20H40N6O. The molecule has 27 heavy (non-hydrogen) atoms. The van der Waals surface area contributed by atoms with Crippen LogP contribution in [-0.4, -0.2) is 124 Å². The van der Waals surface area contributed by atoms with Crippen molar-refractivity contribution in [1.82, 2.24) is 24.9 Å². The van der Waals surface area contributed by atoms with Crippen LogP contribution < -0.4 is 5.32 Å². The Kier molecular flexibility index (Phi) is 7.75. The summed E-state index contributed by atoms with van der Waals surface area (Å²) in [6, 6.07) is 1.21. The minimum Gasteiger partial charge on any atom is -0.379 e. The monoisotopic (exact) mass is 380 g/mol. The summed E-state index contributed by atoms with van der Waals surface area (Å²) in [5.41, 5.74) is 0. The summed E-state index contributed by atoms with van der Waals surface area (Å²) < 4.78 is 5.51. The molecule has 3 aliphatic rings. The minimum absolute atomic E-state index is 0.563. The van der Waals surface area contributed by atoms with Crippen LogP contribution >= 0.6 is 0 Å². The van der Waals surface area contributed by atoms with Gasteiger partial charge >= 0.3 is 0 Å². The van der Waals surface area contributed by atoms with Gasteiger partial charge < -0.3 is 19.9 Å². The van der Waals surface area contributed by atoms with Gasteiger partial charge in [-0.1, -0.05) is 13.8 Å². The van der Waals surface area contributed by atoms with E-state index in [1.807, 2.05) is 7.05 Å². The molecule has 3 aliphatic heterocycles. The van der Waals surface area contributed by atoms with E-state index < -0.39 is 0 Å². The fraction of sp³-hybridized carbons (Fsp3) is 0.950. The van der Waals surface area contributed by atoms with E-state index in [0.717, 1.165) is 51.9 Å². The normalized spacial score (nSPS) is 28.1. The largest absolute Gasteiger partial charge is 0.379 e. The average Bonchev–Trinajstić information content (AvgIpc) is 3.17. The number of morpholine rings is 1. The third kappa shape index (κ3) is 5.56. The Morgan fingerprint density at radius 3 is 2.41 bits per heavy atom. The molecule has 3 rings (SSSR count). The molecule has 7 heteroatoms. The first-order valence-electron chi connectivity index (χ1n) is 10.8. The number of rotatable bonds is 5. The van der Waals surface area contributed by atoms with Crippen molar-refractivity contribution >= 4 is 5.96 Å². The van der Waals surface area contributed by atoms with Crippen molar-refractivity contribution in [2.45, 2.75) is 32.4 Å². The maximum atomic E-state index is 5.51. The van der Waals surface area contributed by atoms with Gasteiger partial charge in [0.1, 0.15) is 0 Å². The Labute approximate surface area is 165 Å². The molecule has 0 saturated carbocycles. The zero-order chi connectivity index (χ0) is 19.2. The maximum absolute atomic E-state index is 5.51. The number of guanidine groups is 1. The predicted molar refractivity (Wildman–Crippen MR) is 111 cm³/mol. The highest BCUT2D eigenvalue weighted by atomic mass is 16.5. The Morgan fingerprint density at radius 1 is 1.07 bits per heavy atom. The number of hydrogen-bond acceptors (Lipinski definition) is 5. The summed E-state index contributed by atoms with van der Waals surface area (Å²) in [5, 5.41) is 3.70. The highest BCUT2D eigenvalue weighted by Gasteiger charge is 2.31. The summed E-state index contributed by atoms with van der Waals surface area (Å²) in [5.74, 6) is 1.71. The van der Waals surface area contributed by atoms with Crippen LogP contribution in [0.25, 0.3) is 0 Å². The van der Waals surface area contributed by atoms with Crippen LogP contribution in [-0.2, 0) is 4.74 Å².